The van der Waals surface area contributed by atoms with Crippen molar-refractivity contribution in [3.63, 3.8) is 0 Å². The van der Waals surface area contributed by atoms with E-state index in [0.717, 1.165) is 38.5 Å². The van der Waals surface area contributed by atoms with E-state index in [2.05, 4.69) is 8.37 Å². The lowest BCUT2D eigenvalue weighted by molar-refractivity contribution is -0.136. The molecule has 2 aliphatic rings. The zero-order chi connectivity index (χ0) is 23.5. The number of rotatable bonds is 13. The summed E-state index contributed by atoms with van der Waals surface area (Å²) in [6, 6.07) is 0. The van der Waals surface area contributed by atoms with E-state index in [1.165, 1.54) is 0 Å². The van der Waals surface area contributed by atoms with Crippen LogP contribution in [0.3, 0.4) is 0 Å². The van der Waals surface area contributed by atoms with Gasteiger partial charge in [-0.15, -0.1) is 0 Å². The third kappa shape index (κ3) is 11.6. The van der Waals surface area contributed by atoms with Crippen molar-refractivity contribution in [1.29, 1.82) is 0 Å². The number of hydrogen-bond acceptors (Lipinski definition) is 10. The van der Waals surface area contributed by atoms with Crippen molar-refractivity contribution in [2.75, 3.05) is 0 Å². The minimum absolute atomic E-state index is 0.0959. The third-order valence-electron chi connectivity index (χ3n) is 5.51. The Labute approximate surface area is 191 Å². The van der Waals surface area contributed by atoms with Crippen LogP contribution in [-0.4, -0.2) is 41.0 Å². The van der Waals surface area contributed by atoms with E-state index in [4.69, 9.17) is 8.37 Å². The molecule has 0 aromatic rings. The van der Waals surface area contributed by atoms with Gasteiger partial charge < -0.3 is 8.37 Å². The Morgan fingerprint density at radius 2 is 0.906 bits per heavy atom. The summed E-state index contributed by atoms with van der Waals surface area (Å²) in [6.45, 7) is 0. The first kappa shape index (κ1) is 27.0. The molecular formula is C20H34O10S2. The Bertz CT molecular complexity index is 726. The molecule has 0 bridgehead atoms. The predicted molar refractivity (Wildman–Crippen MR) is 114 cm³/mol. The summed E-state index contributed by atoms with van der Waals surface area (Å²) < 4.78 is 65.9. The fourth-order valence-corrected chi connectivity index (χ4v) is 5.65. The second-order valence-electron chi connectivity index (χ2n) is 8.35. The van der Waals surface area contributed by atoms with Crippen LogP contribution in [0.5, 0.6) is 0 Å². The summed E-state index contributed by atoms with van der Waals surface area (Å²) in [5.74, 6) is -1.77. The average molecular weight is 499 g/mol. The Morgan fingerprint density at radius 3 is 1.25 bits per heavy atom. The smallest absolute Gasteiger partial charge is 0.325 e. The molecule has 0 atom stereocenters. The van der Waals surface area contributed by atoms with Gasteiger partial charge in [-0.3, -0.25) is 9.59 Å². The molecule has 2 aliphatic carbocycles. The highest BCUT2D eigenvalue weighted by molar-refractivity contribution is 7.82. The van der Waals surface area contributed by atoms with E-state index in [1.807, 2.05) is 0 Å². The van der Waals surface area contributed by atoms with Crippen molar-refractivity contribution < 1.29 is 43.2 Å². The molecule has 186 valence electrons. The van der Waals surface area contributed by atoms with Gasteiger partial charge in [0.1, 0.15) is 0 Å². The van der Waals surface area contributed by atoms with Crippen LogP contribution < -0.4 is 0 Å². The average Bonchev–Trinajstić information content (AvgIpc) is 2.70. The van der Waals surface area contributed by atoms with Crippen molar-refractivity contribution in [2.24, 2.45) is 0 Å². The first-order valence-electron chi connectivity index (χ1n) is 11.5. The fraction of sp³-hybridized carbons (Fsp3) is 0.900. The van der Waals surface area contributed by atoms with Gasteiger partial charge in [0, 0.05) is 12.8 Å². The number of carbonyl (C=O) groups is 2. The molecular weight excluding hydrogens is 464 g/mol. The van der Waals surface area contributed by atoms with Crippen LogP contribution >= 0.6 is 0 Å². The number of unbranched alkanes of at least 4 members (excludes halogenated alkanes) is 3. The summed E-state index contributed by atoms with van der Waals surface area (Å²) in [6.07, 6.45) is 8.94. The maximum atomic E-state index is 11.8. The lowest BCUT2D eigenvalue weighted by atomic mass is 9.98. The quantitative estimate of drug-likeness (QED) is 0.346. The van der Waals surface area contributed by atoms with Crippen LogP contribution in [0.4, 0.5) is 0 Å². The van der Waals surface area contributed by atoms with Crippen LogP contribution in [-0.2, 0) is 47.1 Å². The molecule has 0 radical (unpaired) electrons. The molecule has 0 heterocycles. The first-order chi connectivity index (χ1) is 15.2. The van der Waals surface area contributed by atoms with Gasteiger partial charge in [-0.2, -0.15) is 16.8 Å². The number of carbonyl (C=O) groups excluding carboxylic acids is 2. The topological polar surface area (TPSA) is 139 Å². The fourth-order valence-electron chi connectivity index (χ4n) is 3.90. The maximum absolute atomic E-state index is 11.8. The van der Waals surface area contributed by atoms with E-state index in [9.17, 15) is 26.4 Å². The predicted octanol–water partition coefficient (Wildman–Crippen LogP) is 3.60. The maximum Gasteiger partial charge on any atom is 0.451 e. The van der Waals surface area contributed by atoms with Crippen LogP contribution in [0.15, 0.2) is 0 Å². The highest BCUT2D eigenvalue weighted by Gasteiger charge is 2.26. The molecule has 0 aromatic heterocycles. The molecule has 2 rings (SSSR count). The van der Waals surface area contributed by atoms with Gasteiger partial charge in [0.05, 0.1) is 12.2 Å². The standard InChI is InChI=1S/C20H34O10S2/c21-19(29-31(23,24)27-17-11-5-3-6-12-17)15-9-1-2-10-16-20(22)30-32(25,26)28-18-13-7-4-8-14-18/h17-18H,1-16H2. The van der Waals surface area contributed by atoms with Crippen molar-refractivity contribution in [1.82, 2.24) is 0 Å². The highest BCUT2D eigenvalue weighted by Crippen LogP contribution is 2.23. The minimum Gasteiger partial charge on any atom is -0.325 e. The molecule has 0 amide bonds. The van der Waals surface area contributed by atoms with E-state index in [0.29, 0.717) is 51.4 Å². The van der Waals surface area contributed by atoms with Crippen LogP contribution in [0.25, 0.3) is 0 Å². The Balaban J connectivity index is 1.53. The van der Waals surface area contributed by atoms with Gasteiger partial charge in [0.15, 0.2) is 0 Å². The van der Waals surface area contributed by atoms with Crippen LogP contribution in [0.1, 0.15) is 103 Å². The summed E-state index contributed by atoms with van der Waals surface area (Å²) >= 11 is 0. The zero-order valence-electron chi connectivity index (χ0n) is 18.4. The molecule has 0 saturated heterocycles. The molecule has 10 nitrogen and oxygen atoms in total. The molecule has 0 aliphatic heterocycles. The van der Waals surface area contributed by atoms with Gasteiger partial charge in [-0.25, -0.2) is 8.37 Å². The molecule has 0 unspecified atom stereocenters. The molecule has 2 saturated carbocycles. The molecule has 0 aromatic carbocycles. The molecule has 12 heteroatoms. The Hall–Kier alpha value is -1.24. The second-order valence-corrected chi connectivity index (χ2v) is 10.7. The molecule has 0 N–H and O–H groups in total. The number of hydrogen-bond donors (Lipinski definition) is 0. The highest BCUT2D eigenvalue weighted by atomic mass is 32.3. The summed E-state index contributed by atoms with van der Waals surface area (Å²) in [4.78, 5) is 23.5. The second kappa shape index (κ2) is 13.5. The normalized spacial score (nSPS) is 18.9. The van der Waals surface area contributed by atoms with Crippen LogP contribution in [0.2, 0.25) is 0 Å². The van der Waals surface area contributed by atoms with Gasteiger partial charge in [0.25, 0.3) is 0 Å². The van der Waals surface area contributed by atoms with Gasteiger partial charge >= 0.3 is 32.7 Å². The molecule has 32 heavy (non-hydrogen) atoms. The first-order valence-corrected chi connectivity index (χ1v) is 14.1. The minimum atomic E-state index is -4.35. The monoisotopic (exact) mass is 498 g/mol. The van der Waals surface area contributed by atoms with Crippen molar-refractivity contribution in [2.45, 2.75) is 115 Å². The van der Waals surface area contributed by atoms with Crippen LogP contribution in [0, 0.1) is 0 Å². The Kier molecular flexibility index (Phi) is 11.4. The van der Waals surface area contributed by atoms with E-state index >= 15 is 0 Å². The Morgan fingerprint density at radius 1 is 0.562 bits per heavy atom. The SMILES string of the molecule is O=C(CCCCCCC(=O)OS(=O)(=O)OC1CCCCC1)OS(=O)(=O)OC1CCCCC1. The largest absolute Gasteiger partial charge is 0.451 e. The van der Waals surface area contributed by atoms with Gasteiger partial charge in [-0.1, -0.05) is 51.4 Å². The lowest BCUT2D eigenvalue weighted by Gasteiger charge is -2.20. The van der Waals surface area contributed by atoms with Crippen molar-refractivity contribution in [3.05, 3.63) is 0 Å². The summed E-state index contributed by atoms with van der Waals surface area (Å²) in [7, 11) is -8.69. The van der Waals surface area contributed by atoms with Gasteiger partial charge in [0.2, 0.25) is 0 Å². The van der Waals surface area contributed by atoms with E-state index < -0.39 is 44.9 Å². The molecule has 2 fully saturated rings. The van der Waals surface area contributed by atoms with Crippen molar-refractivity contribution >= 4 is 32.7 Å². The summed E-state index contributed by atoms with van der Waals surface area (Å²) in [5.41, 5.74) is 0. The molecule has 0 spiro atoms. The zero-order valence-corrected chi connectivity index (χ0v) is 20.0. The van der Waals surface area contributed by atoms with Crippen molar-refractivity contribution in [3.8, 4) is 0 Å². The van der Waals surface area contributed by atoms with Gasteiger partial charge in [-0.05, 0) is 38.5 Å². The van der Waals surface area contributed by atoms with E-state index in [-0.39, 0.29) is 12.8 Å². The lowest BCUT2D eigenvalue weighted by Crippen LogP contribution is -2.24. The van der Waals surface area contributed by atoms with E-state index in [1.54, 1.807) is 0 Å². The summed E-state index contributed by atoms with van der Waals surface area (Å²) in [5, 5.41) is 0. The third-order valence-corrected chi connectivity index (χ3v) is 7.31.